The standard InChI is InChI=1S/C44H87NO4/c1-6-9-12-15-18-19-24-29-35-42(49-43(46)37-32-38-45(4)5)36-30-25-20-21-26-31-39-48-44(47)40-41(33-27-22-16-13-10-7-2)34-28-23-17-14-11-8-3/h41-42H,6-40H2,1-5H3/t42-/m1/s1. The quantitative estimate of drug-likeness (QED) is 0.0474. The van der Waals surface area contributed by atoms with Gasteiger partial charge in [-0.05, 0) is 77.9 Å². The minimum absolute atomic E-state index is 0.0166. The molecule has 292 valence electrons. The van der Waals surface area contributed by atoms with Crippen LogP contribution in [0.1, 0.15) is 233 Å². The Morgan fingerprint density at radius 3 is 1.29 bits per heavy atom. The van der Waals surface area contributed by atoms with E-state index in [1.165, 1.54) is 161 Å². The van der Waals surface area contributed by atoms with Gasteiger partial charge in [-0.1, -0.05) is 168 Å². The van der Waals surface area contributed by atoms with Crippen molar-refractivity contribution in [3.63, 3.8) is 0 Å². The maximum Gasteiger partial charge on any atom is 0.306 e. The highest BCUT2D eigenvalue weighted by molar-refractivity contribution is 5.69. The highest BCUT2D eigenvalue weighted by Gasteiger charge is 2.16. The van der Waals surface area contributed by atoms with Crippen molar-refractivity contribution in [1.82, 2.24) is 4.90 Å². The SMILES string of the molecule is CCCCCCCCCC[C@H](CCCCCCCCOC(=O)CC(CCCCCCCC)CCCCCCCC)OC(=O)CCCN(C)C. The van der Waals surface area contributed by atoms with Crippen LogP contribution in [0.2, 0.25) is 0 Å². The third-order valence-electron chi connectivity index (χ3n) is 10.2. The minimum Gasteiger partial charge on any atom is -0.466 e. The molecule has 5 heteroatoms. The highest BCUT2D eigenvalue weighted by atomic mass is 16.5. The molecule has 0 rings (SSSR count). The van der Waals surface area contributed by atoms with E-state index in [2.05, 4.69) is 25.7 Å². The number of carbonyl (C=O) groups is 2. The molecule has 0 aliphatic heterocycles. The van der Waals surface area contributed by atoms with E-state index in [0.717, 1.165) is 45.1 Å². The fraction of sp³-hybridized carbons (Fsp3) is 0.955. The molecular weight excluding hydrogens is 606 g/mol. The molecular formula is C44H87NO4. The zero-order valence-electron chi connectivity index (χ0n) is 34.0. The summed E-state index contributed by atoms with van der Waals surface area (Å²) in [6.07, 6.45) is 39.5. The molecule has 0 aromatic heterocycles. The van der Waals surface area contributed by atoms with Gasteiger partial charge in [0.05, 0.1) is 6.61 Å². The Hall–Kier alpha value is -1.10. The van der Waals surface area contributed by atoms with E-state index in [0.29, 0.717) is 25.4 Å². The molecule has 0 aliphatic carbocycles. The first kappa shape index (κ1) is 47.9. The summed E-state index contributed by atoms with van der Waals surface area (Å²) in [7, 11) is 4.10. The normalized spacial score (nSPS) is 12.2. The number of rotatable bonds is 39. The minimum atomic E-state index is -0.0166. The van der Waals surface area contributed by atoms with Gasteiger partial charge in [-0.15, -0.1) is 0 Å². The van der Waals surface area contributed by atoms with Gasteiger partial charge in [-0.3, -0.25) is 9.59 Å². The zero-order valence-corrected chi connectivity index (χ0v) is 34.0. The number of ether oxygens (including phenoxy) is 2. The van der Waals surface area contributed by atoms with Crippen LogP contribution >= 0.6 is 0 Å². The number of esters is 2. The van der Waals surface area contributed by atoms with Crippen LogP contribution in [0.4, 0.5) is 0 Å². The van der Waals surface area contributed by atoms with Crippen molar-refractivity contribution >= 4 is 11.9 Å². The monoisotopic (exact) mass is 694 g/mol. The van der Waals surface area contributed by atoms with Crippen molar-refractivity contribution in [1.29, 1.82) is 0 Å². The molecule has 0 aromatic rings. The van der Waals surface area contributed by atoms with Gasteiger partial charge in [0, 0.05) is 12.8 Å². The summed E-state index contributed by atoms with van der Waals surface area (Å²) in [5.41, 5.74) is 0. The van der Waals surface area contributed by atoms with E-state index in [-0.39, 0.29) is 18.0 Å². The summed E-state index contributed by atoms with van der Waals surface area (Å²) in [5.74, 6) is 0.513. The second-order valence-electron chi connectivity index (χ2n) is 15.6. The van der Waals surface area contributed by atoms with Crippen LogP contribution in [0.5, 0.6) is 0 Å². The lowest BCUT2D eigenvalue weighted by atomic mass is 9.91. The topological polar surface area (TPSA) is 55.8 Å². The first-order chi connectivity index (χ1) is 23.9. The van der Waals surface area contributed by atoms with Crippen molar-refractivity contribution in [2.75, 3.05) is 27.2 Å². The van der Waals surface area contributed by atoms with Gasteiger partial charge in [0.15, 0.2) is 0 Å². The van der Waals surface area contributed by atoms with Crippen molar-refractivity contribution < 1.29 is 19.1 Å². The van der Waals surface area contributed by atoms with E-state index < -0.39 is 0 Å². The molecule has 0 spiro atoms. The van der Waals surface area contributed by atoms with Crippen LogP contribution in [0.15, 0.2) is 0 Å². The summed E-state index contributed by atoms with van der Waals surface area (Å²) < 4.78 is 11.7. The number of carbonyl (C=O) groups excluding carboxylic acids is 2. The smallest absolute Gasteiger partial charge is 0.306 e. The summed E-state index contributed by atoms with van der Waals surface area (Å²) >= 11 is 0. The average Bonchev–Trinajstić information content (AvgIpc) is 3.07. The second kappa shape index (κ2) is 38.1. The number of hydrogen-bond acceptors (Lipinski definition) is 5. The van der Waals surface area contributed by atoms with Gasteiger partial charge in [0.2, 0.25) is 0 Å². The van der Waals surface area contributed by atoms with Crippen molar-refractivity contribution in [2.24, 2.45) is 5.92 Å². The molecule has 5 nitrogen and oxygen atoms in total. The Morgan fingerprint density at radius 1 is 0.469 bits per heavy atom. The van der Waals surface area contributed by atoms with Crippen molar-refractivity contribution in [3.05, 3.63) is 0 Å². The third-order valence-corrected chi connectivity index (χ3v) is 10.2. The lowest BCUT2D eigenvalue weighted by Crippen LogP contribution is -2.20. The summed E-state index contributed by atoms with van der Waals surface area (Å²) in [4.78, 5) is 27.4. The average molecular weight is 694 g/mol. The Morgan fingerprint density at radius 2 is 0.857 bits per heavy atom. The molecule has 0 aliphatic rings. The Kier molecular flexibility index (Phi) is 37.3. The molecule has 0 heterocycles. The molecule has 0 amide bonds. The van der Waals surface area contributed by atoms with E-state index in [4.69, 9.17) is 9.47 Å². The highest BCUT2D eigenvalue weighted by Crippen LogP contribution is 2.23. The molecule has 49 heavy (non-hydrogen) atoms. The molecule has 0 bridgehead atoms. The molecule has 0 radical (unpaired) electrons. The molecule has 0 N–H and O–H groups in total. The van der Waals surface area contributed by atoms with Gasteiger partial charge >= 0.3 is 11.9 Å². The Labute approximate surface area is 307 Å². The van der Waals surface area contributed by atoms with Gasteiger partial charge in [-0.25, -0.2) is 0 Å². The molecule has 0 fully saturated rings. The number of nitrogens with zero attached hydrogens (tertiary/aromatic N) is 1. The predicted octanol–water partition coefficient (Wildman–Crippen LogP) is 13.6. The molecule has 0 unspecified atom stereocenters. The Balaban J connectivity index is 4.26. The predicted molar refractivity (Wildman–Crippen MR) is 212 cm³/mol. The van der Waals surface area contributed by atoms with Gasteiger partial charge in [0.1, 0.15) is 6.10 Å². The van der Waals surface area contributed by atoms with Gasteiger partial charge in [0.25, 0.3) is 0 Å². The van der Waals surface area contributed by atoms with Crippen LogP contribution < -0.4 is 0 Å². The van der Waals surface area contributed by atoms with Crippen LogP contribution in [0.25, 0.3) is 0 Å². The summed E-state index contributed by atoms with van der Waals surface area (Å²) in [6.45, 7) is 8.31. The second-order valence-corrected chi connectivity index (χ2v) is 15.6. The van der Waals surface area contributed by atoms with Crippen LogP contribution in [-0.4, -0.2) is 50.2 Å². The molecule has 0 saturated carbocycles. The van der Waals surface area contributed by atoms with E-state index >= 15 is 0 Å². The van der Waals surface area contributed by atoms with E-state index in [1.807, 2.05) is 14.1 Å². The lowest BCUT2D eigenvalue weighted by molar-refractivity contribution is -0.150. The maximum atomic E-state index is 12.7. The fourth-order valence-corrected chi connectivity index (χ4v) is 6.99. The van der Waals surface area contributed by atoms with Crippen LogP contribution in [0, 0.1) is 5.92 Å². The lowest BCUT2D eigenvalue weighted by Gasteiger charge is -2.18. The molecule has 0 saturated heterocycles. The number of unbranched alkanes of at least 4 members (excludes halogenated alkanes) is 22. The molecule has 1 atom stereocenters. The number of hydrogen-bond donors (Lipinski definition) is 0. The maximum absolute atomic E-state index is 12.7. The van der Waals surface area contributed by atoms with Gasteiger partial charge < -0.3 is 14.4 Å². The largest absolute Gasteiger partial charge is 0.466 e. The zero-order chi connectivity index (χ0) is 36.0. The summed E-state index contributed by atoms with van der Waals surface area (Å²) in [6, 6.07) is 0. The molecule has 0 aromatic carbocycles. The van der Waals surface area contributed by atoms with Crippen molar-refractivity contribution in [2.45, 2.75) is 239 Å². The van der Waals surface area contributed by atoms with E-state index in [1.54, 1.807) is 0 Å². The summed E-state index contributed by atoms with van der Waals surface area (Å²) in [5, 5.41) is 0. The van der Waals surface area contributed by atoms with Crippen LogP contribution in [0.3, 0.4) is 0 Å². The van der Waals surface area contributed by atoms with Gasteiger partial charge in [-0.2, -0.15) is 0 Å². The third kappa shape index (κ3) is 36.5. The first-order valence-electron chi connectivity index (χ1n) is 21.9. The fourth-order valence-electron chi connectivity index (χ4n) is 6.99. The van der Waals surface area contributed by atoms with Crippen molar-refractivity contribution in [3.8, 4) is 0 Å². The van der Waals surface area contributed by atoms with Crippen LogP contribution in [-0.2, 0) is 19.1 Å². The Bertz CT molecular complexity index is 680. The van der Waals surface area contributed by atoms with E-state index in [9.17, 15) is 9.59 Å². The first-order valence-corrected chi connectivity index (χ1v) is 21.9.